The molecule has 0 saturated heterocycles. The molecule has 2 N–H and O–H groups in total. The largest absolute Gasteiger partial charge is 0.469 e. The second-order valence-electron chi connectivity index (χ2n) is 4.68. The van der Waals surface area contributed by atoms with Crippen molar-refractivity contribution in [3.05, 3.63) is 18.0 Å². The normalized spacial score (nSPS) is 14.6. The molecule has 1 aromatic heterocycles. The molecule has 2 atom stereocenters. The number of hydrogen-bond donors (Lipinski definition) is 2. The molecule has 6 nitrogen and oxygen atoms in total. The number of ether oxygens (including phenoxy) is 1. The number of carbonyl (C=O) groups is 1. The zero-order chi connectivity index (χ0) is 13.7. The van der Waals surface area contributed by atoms with Crippen LogP contribution in [0.3, 0.4) is 0 Å². The first-order chi connectivity index (χ1) is 8.43. The molecule has 102 valence electrons. The third-order valence-corrected chi connectivity index (χ3v) is 2.51. The summed E-state index contributed by atoms with van der Waals surface area (Å²) in [7, 11) is 1.24. The Morgan fingerprint density at radius 3 is 2.72 bits per heavy atom. The maximum Gasteiger partial charge on any atom is 0.308 e. The molecule has 0 aliphatic rings. The minimum Gasteiger partial charge on any atom is -0.469 e. The van der Waals surface area contributed by atoms with E-state index in [4.69, 9.17) is 0 Å². The van der Waals surface area contributed by atoms with Gasteiger partial charge in [0.05, 0.1) is 25.8 Å². The van der Waals surface area contributed by atoms with Crippen LogP contribution in [-0.4, -0.2) is 39.2 Å². The number of methoxy groups -OCH3 is 1. The van der Waals surface area contributed by atoms with Crippen LogP contribution in [0.5, 0.6) is 0 Å². The molecule has 0 spiro atoms. The van der Waals surface area contributed by atoms with E-state index < -0.39 is 18.2 Å². The number of rotatable bonds is 6. The zero-order valence-corrected chi connectivity index (χ0v) is 10.9. The molecular formula is C12H20N2O4. The minimum atomic E-state index is -1.19. The van der Waals surface area contributed by atoms with Crippen LogP contribution in [0.25, 0.3) is 0 Å². The molecule has 0 amide bonds. The topological polar surface area (TPSA) is 84.6 Å². The first kappa shape index (κ1) is 14.7. The molecule has 1 aromatic rings. The van der Waals surface area contributed by atoms with Crippen LogP contribution in [-0.2, 0) is 16.1 Å². The molecule has 1 heterocycles. The van der Waals surface area contributed by atoms with Crippen molar-refractivity contribution in [2.75, 3.05) is 7.11 Å². The molecule has 0 radical (unpaired) electrons. The minimum absolute atomic E-state index is 0.243. The van der Waals surface area contributed by atoms with Crippen LogP contribution in [0.4, 0.5) is 0 Å². The Hall–Kier alpha value is -1.40. The van der Waals surface area contributed by atoms with Gasteiger partial charge in [0.15, 0.2) is 0 Å². The Morgan fingerprint density at radius 2 is 2.17 bits per heavy atom. The van der Waals surface area contributed by atoms with E-state index in [2.05, 4.69) is 23.7 Å². The Morgan fingerprint density at radius 1 is 1.50 bits per heavy atom. The predicted octanol–water partition coefficient (Wildman–Crippen LogP) is 0.496. The van der Waals surface area contributed by atoms with Gasteiger partial charge in [-0.25, -0.2) is 0 Å². The van der Waals surface area contributed by atoms with Gasteiger partial charge in [0.1, 0.15) is 6.10 Å². The van der Waals surface area contributed by atoms with Crippen LogP contribution >= 0.6 is 0 Å². The number of nitrogens with zero attached hydrogens (tertiary/aromatic N) is 2. The highest BCUT2D eigenvalue weighted by Gasteiger charge is 2.23. The van der Waals surface area contributed by atoms with E-state index in [1.54, 1.807) is 10.9 Å². The van der Waals surface area contributed by atoms with E-state index in [0.29, 0.717) is 11.5 Å². The van der Waals surface area contributed by atoms with Gasteiger partial charge in [-0.2, -0.15) is 5.10 Å². The number of esters is 1. The summed E-state index contributed by atoms with van der Waals surface area (Å²) in [5, 5.41) is 23.6. The van der Waals surface area contributed by atoms with Gasteiger partial charge in [-0.1, -0.05) is 13.8 Å². The summed E-state index contributed by atoms with van der Waals surface area (Å²) in [5.74, 6) is -0.119. The number of carbonyl (C=O) groups excluding carboxylic acids is 1. The summed E-state index contributed by atoms with van der Waals surface area (Å²) >= 11 is 0. The lowest BCUT2D eigenvalue weighted by atomic mass is 10.1. The molecule has 18 heavy (non-hydrogen) atoms. The van der Waals surface area contributed by atoms with Gasteiger partial charge in [0.25, 0.3) is 0 Å². The lowest BCUT2D eigenvalue weighted by Gasteiger charge is -2.15. The van der Waals surface area contributed by atoms with E-state index >= 15 is 0 Å². The van der Waals surface area contributed by atoms with Gasteiger partial charge in [-0.15, -0.1) is 0 Å². The van der Waals surface area contributed by atoms with Crippen molar-refractivity contribution in [3.8, 4) is 0 Å². The van der Waals surface area contributed by atoms with Gasteiger partial charge < -0.3 is 14.9 Å². The molecule has 0 bridgehead atoms. The lowest BCUT2D eigenvalue weighted by Crippen LogP contribution is -2.22. The quantitative estimate of drug-likeness (QED) is 0.724. The summed E-state index contributed by atoms with van der Waals surface area (Å²) in [6.45, 7) is 4.85. The molecule has 6 heteroatoms. The van der Waals surface area contributed by atoms with Crippen LogP contribution < -0.4 is 0 Å². The maximum atomic E-state index is 11.0. The molecule has 1 rings (SSSR count). The predicted molar refractivity (Wildman–Crippen MR) is 64.7 cm³/mol. The van der Waals surface area contributed by atoms with E-state index in [9.17, 15) is 15.0 Å². The number of aromatic nitrogens is 2. The maximum absolute atomic E-state index is 11.0. The second kappa shape index (κ2) is 6.51. The van der Waals surface area contributed by atoms with Gasteiger partial charge in [-0.05, 0) is 5.92 Å². The van der Waals surface area contributed by atoms with E-state index in [1.807, 2.05) is 0 Å². The van der Waals surface area contributed by atoms with Crippen molar-refractivity contribution in [1.29, 1.82) is 0 Å². The fourth-order valence-electron chi connectivity index (χ4n) is 1.59. The SMILES string of the molecule is COC(=O)CC(O)C(O)c1cnn(CC(C)C)c1. The summed E-state index contributed by atoms with van der Waals surface area (Å²) in [4.78, 5) is 11.0. The van der Waals surface area contributed by atoms with Crippen molar-refractivity contribution in [1.82, 2.24) is 9.78 Å². The van der Waals surface area contributed by atoms with E-state index in [-0.39, 0.29) is 6.42 Å². The van der Waals surface area contributed by atoms with Gasteiger partial charge >= 0.3 is 5.97 Å². The van der Waals surface area contributed by atoms with E-state index in [0.717, 1.165) is 6.54 Å². The zero-order valence-electron chi connectivity index (χ0n) is 10.9. The molecule has 0 aliphatic carbocycles. The highest BCUT2D eigenvalue weighted by Crippen LogP contribution is 2.19. The second-order valence-corrected chi connectivity index (χ2v) is 4.68. The Bertz CT molecular complexity index is 389. The van der Waals surface area contributed by atoms with Gasteiger partial charge in [-0.3, -0.25) is 9.48 Å². The molecule has 0 fully saturated rings. The van der Waals surface area contributed by atoms with Crippen molar-refractivity contribution >= 4 is 5.97 Å². The van der Waals surface area contributed by atoms with Gasteiger partial charge in [0, 0.05) is 18.3 Å². The Labute approximate surface area is 106 Å². The molecule has 0 saturated carbocycles. The number of hydrogen-bond acceptors (Lipinski definition) is 5. The fraction of sp³-hybridized carbons (Fsp3) is 0.667. The van der Waals surface area contributed by atoms with E-state index in [1.165, 1.54) is 13.3 Å². The number of aliphatic hydroxyl groups excluding tert-OH is 2. The third kappa shape index (κ3) is 4.12. The first-order valence-electron chi connectivity index (χ1n) is 5.89. The van der Waals surface area contributed by atoms with Crippen molar-refractivity contribution in [2.24, 2.45) is 5.92 Å². The van der Waals surface area contributed by atoms with Crippen LogP contribution in [0, 0.1) is 5.92 Å². The van der Waals surface area contributed by atoms with Crippen molar-refractivity contribution in [3.63, 3.8) is 0 Å². The van der Waals surface area contributed by atoms with Gasteiger partial charge in [0.2, 0.25) is 0 Å². The molecule has 2 unspecified atom stereocenters. The summed E-state index contributed by atoms with van der Waals surface area (Å²) in [6, 6.07) is 0. The third-order valence-electron chi connectivity index (χ3n) is 2.51. The summed E-state index contributed by atoms with van der Waals surface area (Å²) in [5.41, 5.74) is 0.493. The highest BCUT2D eigenvalue weighted by atomic mass is 16.5. The average molecular weight is 256 g/mol. The van der Waals surface area contributed by atoms with Crippen molar-refractivity contribution < 1.29 is 19.7 Å². The molecule has 0 aromatic carbocycles. The monoisotopic (exact) mass is 256 g/mol. The Balaban J connectivity index is 2.62. The smallest absolute Gasteiger partial charge is 0.308 e. The summed E-state index contributed by atoms with van der Waals surface area (Å²) < 4.78 is 6.14. The summed E-state index contributed by atoms with van der Waals surface area (Å²) in [6.07, 6.45) is 0.602. The Kier molecular flexibility index (Phi) is 5.30. The fourth-order valence-corrected chi connectivity index (χ4v) is 1.59. The first-order valence-corrected chi connectivity index (χ1v) is 5.89. The molecule has 0 aliphatic heterocycles. The van der Waals surface area contributed by atoms with Crippen LogP contribution in [0.1, 0.15) is 31.9 Å². The number of aliphatic hydroxyl groups is 2. The standard InChI is InChI=1S/C12H20N2O4/c1-8(2)6-14-7-9(5-13-14)12(17)10(15)4-11(16)18-3/h5,7-8,10,12,15,17H,4,6H2,1-3H3. The van der Waals surface area contributed by atoms with Crippen molar-refractivity contribution in [2.45, 2.75) is 39.0 Å². The average Bonchev–Trinajstić information content (AvgIpc) is 2.75. The molecular weight excluding hydrogens is 236 g/mol. The van der Waals surface area contributed by atoms with Crippen LogP contribution in [0.15, 0.2) is 12.4 Å². The highest BCUT2D eigenvalue weighted by molar-refractivity contribution is 5.69. The lowest BCUT2D eigenvalue weighted by molar-refractivity contribution is -0.144. The van der Waals surface area contributed by atoms with Crippen LogP contribution in [0.2, 0.25) is 0 Å².